The van der Waals surface area contributed by atoms with E-state index in [2.05, 4.69) is 39.9 Å². The lowest BCUT2D eigenvalue weighted by molar-refractivity contribution is 0.262. The molecule has 134 valence electrons. The number of carbonyl (C=O) groups excluding carboxylic acids is 1. The summed E-state index contributed by atoms with van der Waals surface area (Å²) in [7, 11) is 0. The fourth-order valence-corrected chi connectivity index (χ4v) is 3.51. The maximum atomic E-state index is 12.3. The number of hydrogen-bond acceptors (Lipinski definition) is 2. The Hall–Kier alpha value is -2.30. The maximum Gasteiger partial charge on any atom is 0.323 e. The van der Waals surface area contributed by atoms with Gasteiger partial charge in [0.1, 0.15) is 0 Å². The van der Waals surface area contributed by atoms with Gasteiger partial charge in [-0.3, -0.25) is 5.10 Å². The largest absolute Gasteiger partial charge is 0.323 e. The molecule has 0 aliphatic heterocycles. The molecule has 5 nitrogen and oxygen atoms in total. The third-order valence-electron chi connectivity index (χ3n) is 4.94. The number of hydrogen-bond donors (Lipinski definition) is 3. The van der Waals surface area contributed by atoms with Crippen LogP contribution in [0.25, 0.3) is 0 Å². The van der Waals surface area contributed by atoms with Gasteiger partial charge in [0.05, 0.1) is 11.4 Å². The topological polar surface area (TPSA) is 69.8 Å². The van der Waals surface area contributed by atoms with Crippen molar-refractivity contribution in [1.82, 2.24) is 10.2 Å². The molecule has 5 heteroatoms. The summed E-state index contributed by atoms with van der Waals surface area (Å²) in [6.45, 7) is 2.19. The first-order valence-electron chi connectivity index (χ1n) is 9.47. The second-order valence-corrected chi connectivity index (χ2v) is 6.90. The van der Waals surface area contributed by atoms with Crippen LogP contribution in [0.1, 0.15) is 69.0 Å². The first kappa shape index (κ1) is 17.5. The van der Waals surface area contributed by atoms with Crippen LogP contribution in [0.2, 0.25) is 0 Å². The van der Waals surface area contributed by atoms with Gasteiger partial charge in [-0.2, -0.15) is 5.10 Å². The number of benzene rings is 1. The average molecular weight is 340 g/mol. The van der Waals surface area contributed by atoms with Crippen LogP contribution in [0.3, 0.4) is 0 Å². The third-order valence-corrected chi connectivity index (χ3v) is 4.94. The summed E-state index contributed by atoms with van der Waals surface area (Å²) in [6, 6.07) is 7.86. The molecule has 3 rings (SSSR count). The lowest BCUT2D eigenvalue weighted by Crippen LogP contribution is -2.20. The second kappa shape index (κ2) is 8.70. The molecule has 25 heavy (non-hydrogen) atoms. The fraction of sp³-hybridized carbons (Fsp3) is 0.500. The van der Waals surface area contributed by atoms with E-state index in [-0.39, 0.29) is 6.03 Å². The van der Waals surface area contributed by atoms with Crippen molar-refractivity contribution < 1.29 is 4.79 Å². The van der Waals surface area contributed by atoms with Gasteiger partial charge in [0.25, 0.3) is 0 Å². The number of anilines is 2. The Bertz CT molecular complexity index is 671. The number of urea groups is 1. The molecule has 1 heterocycles. The summed E-state index contributed by atoms with van der Waals surface area (Å²) >= 11 is 0. The zero-order chi connectivity index (χ0) is 17.5. The Labute approximate surface area is 149 Å². The van der Waals surface area contributed by atoms with Crippen molar-refractivity contribution in [3.05, 3.63) is 41.7 Å². The lowest BCUT2D eigenvalue weighted by Gasteiger charge is -2.20. The van der Waals surface area contributed by atoms with Crippen molar-refractivity contribution in [3.8, 4) is 0 Å². The number of aromatic amines is 1. The summed E-state index contributed by atoms with van der Waals surface area (Å²) in [5.41, 5.74) is 3.90. The second-order valence-electron chi connectivity index (χ2n) is 6.90. The number of carbonyl (C=O) groups is 1. The Morgan fingerprint density at radius 2 is 1.92 bits per heavy atom. The van der Waals surface area contributed by atoms with Gasteiger partial charge in [0.2, 0.25) is 0 Å². The third kappa shape index (κ3) is 4.84. The van der Waals surface area contributed by atoms with Crippen molar-refractivity contribution >= 4 is 17.4 Å². The number of aromatic nitrogens is 2. The summed E-state index contributed by atoms with van der Waals surface area (Å²) in [5, 5.41) is 13.1. The molecule has 0 bridgehead atoms. The summed E-state index contributed by atoms with van der Waals surface area (Å²) in [4.78, 5) is 12.3. The molecule has 1 saturated carbocycles. The minimum absolute atomic E-state index is 0.222. The maximum absolute atomic E-state index is 12.3. The molecule has 2 aromatic rings. The van der Waals surface area contributed by atoms with Gasteiger partial charge < -0.3 is 10.6 Å². The molecule has 0 atom stereocenters. The monoisotopic (exact) mass is 340 g/mol. The van der Waals surface area contributed by atoms with Crippen molar-refractivity contribution in [3.63, 3.8) is 0 Å². The molecule has 0 spiro atoms. The van der Waals surface area contributed by atoms with Crippen molar-refractivity contribution in [2.75, 3.05) is 10.6 Å². The van der Waals surface area contributed by atoms with E-state index in [0.717, 1.165) is 36.3 Å². The minimum Gasteiger partial charge on any atom is -0.308 e. The van der Waals surface area contributed by atoms with Crippen LogP contribution in [0.5, 0.6) is 0 Å². The van der Waals surface area contributed by atoms with Gasteiger partial charge in [0.15, 0.2) is 0 Å². The quantitative estimate of drug-likeness (QED) is 0.655. The molecule has 0 saturated heterocycles. The number of nitrogens with one attached hydrogen (secondary N) is 3. The van der Waals surface area contributed by atoms with Crippen molar-refractivity contribution in [1.29, 1.82) is 0 Å². The smallest absolute Gasteiger partial charge is 0.308 e. The van der Waals surface area contributed by atoms with E-state index in [1.54, 1.807) is 6.20 Å². The van der Waals surface area contributed by atoms with Gasteiger partial charge in [-0.1, -0.05) is 44.7 Å². The van der Waals surface area contributed by atoms with Crippen LogP contribution in [-0.4, -0.2) is 16.2 Å². The van der Waals surface area contributed by atoms with Crippen LogP contribution in [-0.2, 0) is 6.42 Å². The van der Waals surface area contributed by atoms with E-state index in [9.17, 15) is 4.79 Å². The van der Waals surface area contributed by atoms with Crippen molar-refractivity contribution in [2.45, 2.75) is 64.2 Å². The molecule has 1 aromatic heterocycles. The van der Waals surface area contributed by atoms with Crippen LogP contribution >= 0.6 is 0 Å². The highest BCUT2D eigenvalue weighted by molar-refractivity contribution is 6.00. The minimum atomic E-state index is -0.222. The Morgan fingerprint density at radius 1 is 1.16 bits per heavy atom. The molecule has 0 unspecified atom stereocenters. The number of rotatable bonds is 6. The van der Waals surface area contributed by atoms with E-state index in [1.165, 1.54) is 37.7 Å². The zero-order valence-electron chi connectivity index (χ0n) is 15.0. The molecule has 1 aromatic carbocycles. The molecule has 1 aliphatic carbocycles. The van der Waals surface area contributed by atoms with Crippen LogP contribution in [0.4, 0.5) is 16.2 Å². The molecular formula is C20H28N4O. The molecular weight excluding hydrogens is 312 g/mol. The predicted molar refractivity (Wildman–Crippen MR) is 102 cm³/mol. The Balaban J connectivity index is 1.57. The van der Waals surface area contributed by atoms with Gasteiger partial charge in [-0.25, -0.2) is 4.79 Å². The highest BCUT2D eigenvalue weighted by atomic mass is 16.2. The van der Waals surface area contributed by atoms with E-state index in [4.69, 9.17) is 0 Å². The van der Waals surface area contributed by atoms with E-state index in [0.29, 0.717) is 5.92 Å². The zero-order valence-corrected chi connectivity index (χ0v) is 15.0. The summed E-state index contributed by atoms with van der Waals surface area (Å²) in [5.74, 6) is 0.452. The van der Waals surface area contributed by atoms with Crippen LogP contribution in [0.15, 0.2) is 30.5 Å². The lowest BCUT2D eigenvalue weighted by atomic mass is 9.86. The standard InChI is InChI=1S/C20H28N4O/c1-2-3-7-15-10-12-17(13-11-15)22-20(25)23-18-14-21-24-19(18)16-8-5-4-6-9-16/h10-14,16H,2-9H2,1H3,(H,21,24)(H2,22,23,25). The summed E-state index contributed by atoms with van der Waals surface area (Å²) in [6.07, 6.45) is 11.3. The fourth-order valence-electron chi connectivity index (χ4n) is 3.51. The summed E-state index contributed by atoms with van der Waals surface area (Å²) < 4.78 is 0. The first-order valence-corrected chi connectivity index (χ1v) is 9.47. The number of aryl methyl sites for hydroxylation is 1. The van der Waals surface area contributed by atoms with Gasteiger partial charge in [-0.15, -0.1) is 0 Å². The van der Waals surface area contributed by atoms with E-state index >= 15 is 0 Å². The van der Waals surface area contributed by atoms with Crippen LogP contribution < -0.4 is 10.6 Å². The SMILES string of the molecule is CCCCc1ccc(NC(=O)Nc2c[nH]nc2C2CCCCC2)cc1. The number of nitrogens with zero attached hydrogens (tertiary/aromatic N) is 1. The van der Waals surface area contributed by atoms with Gasteiger partial charge in [-0.05, 0) is 43.4 Å². The molecule has 2 amide bonds. The average Bonchev–Trinajstić information content (AvgIpc) is 3.10. The number of amides is 2. The highest BCUT2D eigenvalue weighted by Crippen LogP contribution is 2.34. The van der Waals surface area contributed by atoms with E-state index in [1.807, 2.05) is 12.1 Å². The number of unbranched alkanes of at least 4 members (excludes halogenated alkanes) is 1. The molecule has 0 radical (unpaired) electrons. The van der Waals surface area contributed by atoms with E-state index < -0.39 is 0 Å². The first-order chi connectivity index (χ1) is 12.3. The predicted octanol–water partition coefficient (Wildman–Crippen LogP) is 5.44. The molecule has 1 aliphatic rings. The highest BCUT2D eigenvalue weighted by Gasteiger charge is 2.21. The van der Waals surface area contributed by atoms with Crippen molar-refractivity contribution in [2.24, 2.45) is 0 Å². The Kier molecular flexibility index (Phi) is 6.09. The van der Waals surface area contributed by atoms with Crippen LogP contribution in [0, 0.1) is 0 Å². The molecule has 1 fully saturated rings. The Morgan fingerprint density at radius 3 is 2.64 bits per heavy atom. The van der Waals surface area contributed by atoms with Gasteiger partial charge in [0, 0.05) is 17.8 Å². The van der Waals surface area contributed by atoms with Gasteiger partial charge >= 0.3 is 6.03 Å². The number of H-pyrrole nitrogens is 1. The normalized spacial score (nSPS) is 15.1. The molecule has 3 N–H and O–H groups in total.